The van der Waals surface area contributed by atoms with Crippen LogP contribution in [0, 0.1) is 6.92 Å². The molecule has 0 bridgehead atoms. The Labute approximate surface area is 139 Å². The molecule has 0 atom stereocenters. The molecule has 0 unspecified atom stereocenters. The van der Waals surface area contributed by atoms with E-state index in [0.717, 1.165) is 16.7 Å². The van der Waals surface area contributed by atoms with Gasteiger partial charge < -0.3 is 14.9 Å². The highest BCUT2D eigenvalue weighted by Crippen LogP contribution is 2.20. The Hall–Kier alpha value is -2.92. The fraction of sp³-hybridized carbons (Fsp3) is 0.158. The highest BCUT2D eigenvalue weighted by molar-refractivity contribution is 6.02. The van der Waals surface area contributed by atoms with E-state index in [9.17, 15) is 4.79 Å². The van der Waals surface area contributed by atoms with Crippen molar-refractivity contribution in [2.45, 2.75) is 13.3 Å². The minimum absolute atomic E-state index is 0.103. The van der Waals surface area contributed by atoms with Crippen LogP contribution in [0.1, 0.15) is 21.7 Å². The van der Waals surface area contributed by atoms with Gasteiger partial charge in [0.25, 0.3) is 5.91 Å². The van der Waals surface area contributed by atoms with E-state index in [4.69, 9.17) is 9.63 Å². The third-order valence-electron chi connectivity index (χ3n) is 3.69. The largest absolute Gasteiger partial charge is 0.396 e. The lowest BCUT2D eigenvalue weighted by Crippen LogP contribution is -2.10. The smallest absolute Gasteiger partial charge is 0.294 e. The van der Waals surface area contributed by atoms with Crippen molar-refractivity contribution in [1.29, 1.82) is 0 Å². The normalized spacial score (nSPS) is 10.6. The number of nitrogens with zero attached hydrogens (tertiary/aromatic N) is 1. The van der Waals surface area contributed by atoms with Crippen LogP contribution in [0.3, 0.4) is 0 Å². The van der Waals surface area contributed by atoms with Gasteiger partial charge in [0.15, 0.2) is 0 Å². The molecule has 0 radical (unpaired) electrons. The van der Waals surface area contributed by atoms with Crippen LogP contribution >= 0.6 is 0 Å². The molecule has 5 nitrogen and oxygen atoms in total. The summed E-state index contributed by atoms with van der Waals surface area (Å²) in [5, 5.41) is 15.6. The lowest BCUT2D eigenvalue weighted by Gasteiger charge is -2.04. The van der Waals surface area contributed by atoms with Crippen molar-refractivity contribution in [3.63, 3.8) is 0 Å². The van der Waals surface area contributed by atoms with Gasteiger partial charge in [0.1, 0.15) is 5.69 Å². The van der Waals surface area contributed by atoms with Crippen molar-refractivity contribution in [2.24, 2.45) is 0 Å². The molecule has 2 aromatic carbocycles. The second-order valence-electron chi connectivity index (χ2n) is 5.57. The van der Waals surface area contributed by atoms with Crippen molar-refractivity contribution in [3.8, 4) is 11.3 Å². The molecule has 2 N–H and O–H groups in total. The molecule has 1 amide bonds. The molecule has 3 rings (SSSR count). The third kappa shape index (κ3) is 3.70. The number of aromatic nitrogens is 1. The predicted molar refractivity (Wildman–Crippen MR) is 91.9 cm³/mol. The second-order valence-corrected chi connectivity index (χ2v) is 5.57. The van der Waals surface area contributed by atoms with E-state index in [1.807, 2.05) is 43.3 Å². The van der Waals surface area contributed by atoms with Gasteiger partial charge in [-0.15, -0.1) is 0 Å². The number of aliphatic hydroxyl groups is 1. The zero-order valence-corrected chi connectivity index (χ0v) is 13.3. The SMILES string of the molecule is Cc1ccc(-c2cc(C(=O)Nc3ccc(CCO)cc3)on2)cc1. The summed E-state index contributed by atoms with van der Waals surface area (Å²) in [4.78, 5) is 12.2. The summed E-state index contributed by atoms with van der Waals surface area (Å²) >= 11 is 0. The zero-order chi connectivity index (χ0) is 16.9. The number of hydrogen-bond acceptors (Lipinski definition) is 4. The summed E-state index contributed by atoms with van der Waals surface area (Å²) in [7, 11) is 0. The lowest BCUT2D eigenvalue weighted by molar-refractivity contribution is 0.0988. The minimum Gasteiger partial charge on any atom is -0.396 e. The van der Waals surface area contributed by atoms with Gasteiger partial charge in [-0.2, -0.15) is 0 Å². The molecule has 1 aromatic heterocycles. The number of aliphatic hydroxyl groups excluding tert-OH is 1. The van der Waals surface area contributed by atoms with Crippen LogP contribution in [-0.4, -0.2) is 22.8 Å². The standard InChI is InChI=1S/C19H18N2O3/c1-13-2-6-15(7-3-13)17-12-18(24-21-17)19(23)20-16-8-4-14(5-9-16)10-11-22/h2-9,12,22H,10-11H2,1H3,(H,20,23). The quantitative estimate of drug-likeness (QED) is 0.754. The minimum atomic E-state index is -0.351. The van der Waals surface area contributed by atoms with Crippen LogP contribution in [0.2, 0.25) is 0 Å². The van der Waals surface area contributed by atoms with Gasteiger partial charge in [-0.25, -0.2) is 0 Å². The van der Waals surface area contributed by atoms with Crippen LogP contribution in [0.5, 0.6) is 0 Å². The monoisotopic (exact) mass is 322 g/mol. The maximum atomic E-state index is 12.2. The number of nitrogens with one attached hydrogen (secondary N) is 1. The summed E-state index contributed by atoms with van der Waals surface area (Å²) < 4.78 is 5.15. The number of aryl methyl sites for hydroxylation is 1. The summed E-state index contributed by atoms with van der Waals surface area (Å²) in [5.74, 6) is -0.194. The molecule has 24 heavy (non-hydrogen) atoms. The molecule has 0 aliphatic heterocycles. The molecule has 5 heteroatoms. The first kappa shape index (κ1) is 16.0. The van der Waals surface area contributed by atoms with Gasteiger partial charge in [0.2, 0.25) is 5.76 Å². The van der Waals surface area contributed by atoms with Gasteiger partial charge in [0, 0.05) is 23.9 Å². The maximum Gasteiger partial charge on any atom is 0.294 e. The van der Waals surface area contributed by atoms with E-state index in [0.29, 0.717) is 17.8 Å². The van der Waals surface area contributed by atoms with Crippen LogP contribution in [0.25, 0.3) is 11.3 Å². The second kappa shape index (κ2) is 7.10. The Balaban J connectivity index is 1.70. The molecule has 0 aliphatic rings. The van der Waals surface area contributed by atoms with E-state index in [-0.39, 0.29) is 18.3 Å². The molecule has 3 aromatic rings. The van der Waals surface area contributed by atoms with Crippen LogP contribution in [0.15, 0.2) is 59.1 Å². The van der Waals surface area contributed by atoms with E-state index in [1.165, 1.54) is 0 Å². The van der Waals surface area contributed by atoms with E-state index >= 15 is 0 Å². The first-order valence-corrected chi connectivity index (χ1v) is 7.70. The van der Waals surface area contributed by atoms with Gasteiger partial charge >= 0.3 is 0 Å². The summed E-state index contributed by atoms with van der Waals surface area (Å²) in [5.41, 5.74) is 4.35. The Bertz CT molecular complexity index is 821. The molecular weight excluding hydrogens is 304 g/mol. The number of carbonyl (C=O) groups excluding carboxylic acids is 1. The Kier molecular flexibility index (Phi) is 4.72. The molecular formula is C19H18N2O3. The Morgan fingerprint density at radius 2 is 1.83 bits per heavy atom. The van der Waals surface area contributed by atoms with E-state index in [1.54, 1.807) is 18.2 Å². The predicted octanol–water partition coefficient (Wildman–Crippen LogP) is 3.44. The molecule has 0 spiro atoms. The highest BCUT2D eigenvalue weighted by Gasteiger charge is 2.14. The van der Waals surface area contributed by atoms with E-state index < -0.39 is 0 Å². The molecule has 0 saturated carbocycles. The fourth-order valence-corrected chi connectivity index (χ4v) is 2.32. The molecule has 1 heterocycles. The van der Waals surface area contributed by atoms with Crippen molar-refractivity contribution in [2.75, 3.05) is 11.9 Å². The number of anilines is 1. The van der Waals surface area contributed by atoms with Crippen molar-refractivity contribution in [3.05, 3.63) is 71.5 Å². The summed E-state index contributed by atoms with van der Waals surface area (Å²) in [6.07, 6.45) is 0.593. The van der Waals surface area contributed by atoms with Crippen LogP contribution in [-0.2, 0) is 6.42 Å². The van der Waals surface area contributed by atoms with Gasteiger partial charge in [0.05, 0.1) is 0 Å². The summed E-state index contributed by atoms with van der Waals surface area (Å²) in [6, 6.07) is 16.8. The van der Waals surface area contributed by atoms with Crippen molar-refractivity contribution in [1.82, 2.24) is 5.16 Å². The fourth-order valence-electron chi connectivity index (χ4n) is 2.32. The van der Waals surface area contributed by atoms with Gasteiger partial charge in [-0.3, -0.25) is 4.79 Å². The summed E-state index contributed by atoms with van der Waals surface area (Å²) in [6.45, 7) is 2.11. The maximum absolute atomic E-state index is 12.2. The number of carbonyl (C=O) groups is 1. The first-order valence-electron chi connectivity index (χ1n) is 7.70. The highest BCUT2D eigenvalue weighted by atomic mass is 16.5. The molecule has 122 valence electrons. The number of benzene rings is 2. The molecule has 0 aliphatic carbocycles. The average Bonchev–Trinajstić information content (AvgIpc) is 3.08. The number of amides is 1. The van der Waals surface area contributed by atoms with Crippen molar-refractivity contribution < 1.29 is 14.4 Å². The molecule has 0 fully saturated rings. The first-order chi connectivity index (χ1) is 11.7. The third-order valence-corrected chi connectivity index (χ3v) is 3.69. The topological polar surface area (TPSA) is 75.4 Å². The van der Waals surface area contributed by atoms with Gasteiger partial charge in [-0.1, -0.05) is 47.1 Å². The van der Waals surface area contributed by atoms with Crippen molar-refractivity contribution >= 4 is 11.6 Å². The Morgan fingerprint density at radius 1 is 1.12 bits per heavy atom. The molecule has 0 saturated heterocycles. The van der Waals surface area contributed by atoms with Crippen LogP contribution in [0.4, 0.5) is 5.69 Å². The van der Waals surface area contributed by atoms with Gasteiger partial charge in [-0.05, 0) is 31.0 Å². The Morgan fingerprint density at radius 3 is 2.50 bits per heavy atom. The number of hydrogen-bond donors (Lipinski definition) is 2. The van der Waals surface area contributed by atoms with Crippen LogP contribution < -0.4 is 5.32 Å². The van der Waals surface area contributed by atoms with E-state index in [2.05, 4.69) is 10.5 Å². The lowest BCUT2D eigenvalue weighted by atomic mass is 10.1. The zero-order valence-electron chi connectivity index (χ0n) is 13.3. The number of rotatable bonds is 5. The average molecular weight is 322 g/mol.